The molecule has 0 saturated carbocycles. The molecule has 1 amide bonds. The molecule has 0 bridgehead atoms. The van der Waals surface area contributed by atoms with Gasteiger partial charge in [0.05, 0.1) is 7.11 Å². The van der Waals surface area contributed by atoms with Crippen molar-refractivity contribution in [1.29, 1.82) is 0 Å². The SMILES string of the molecule is CON(C)C(=O)CCC(=O)c1ccc(Br)cc1. The molecule has 1 aromatic carbocycles. The number of rotatable bonds is 5. The molecule has 0 aliphatic carbocycles. The lowest BCUT2D eigenvalue weighted by molar-refractivity contribution is -0.168. The van der Waals surface area contributed by atoms with Gasteiger partial charge in [0, 0.05) is 29.9 Å². The van der Waals surface area contributed by atoms with Gasteiger partial charge in [-0.15, -0.1) is 0 Å². The summed E-state index contributed by atoms with van der Waals surface area (Å²) in [6, 6.07) is 7.07. The van der Waals surface area contributed by atoms with E-state index >= 15 is 0 Å². The lowest BCUT2D eigenvalue weighted by Crippen LogP contribution is -2.25. The number of nitrogens with zero attached hydrogens (tertiary/aromatic N) is 1. The van der Waals surface area contributed by atoms with Crippen LogP contribution in [0.4, 0.5) is 0 Å². The first kappa shape index (κ1) is 13.9. The van der Waals surface area contributed by atoms with Crippen LogP contribution in [-0.2, 0) is 9.63 Å². The smallest absolute Gasteiger partial charge is 0.246 e. The van der Waals surface area contributed by atoms with E-state index in [1.807, 2.05) is 0 Å². The summed E-state index contributed by atoms with van der Waals surface area (Å²) in [4.78, 5) is 27.9. The number of hydrogen-bond acceptors (Lipinski definition) is 3. The number of Topliss-reactive ketones (excluding diaryl/α,β-unsaturated/α-hetero) is 1. The molecule has 1 rings (SSSR count). The summed E-state index contributed by atoms with van der Waals surface area (Å²) in [7, 11) is 2.93. The van der Waals surface area contributed by atoms with Crippen molar-refractivity contribution in [3.05, 3.63) is 34.3 Å². The maximum Gasteiger partial charge on any atom is 0.246 e. The summed E-state index contributed by atoms with van der Waals surface area (Å²) in [6.45, 7) is 0. The maximum atomic E-state index is 11.7. The monoisotopic (exact) mass is 299 g/mol. The molecule has 0 saturated heterocycles. The Morgan fingerprint density at radius 1 is 1.24 bits per heavy atom. The van der Waals surface area contributed by atoms with E-state index in [0.29, 0.717) is 5.56 Å². The number of hydrogen-bond donors (Lipinski definition) is 0. The maximum absolute atomic E-state index is 11.7. The van der Waals surface area contributed by atoms with Gasteiger partial charge in [-0.05, 0) is 12.1 Å². The number of benzene rings is 1. The normalized spacial score (nSPS) is 10.1. The highest BCUT2D eigenvalue weighted by Gasteiger charge is 2.12. The van der Waals surface area contributed by atoms with E-state index in [0.717, 1.165) is 9.54 Å². The second-order valence-corrected chi connectivity index (χ2v) is 4.42. The highest BCUT2D eigenvalue weighted by Crippen LogP contribution is 2.12. The van der Waals surface area contributed by atoms with Gasteiger partial charge in [0.25, 0.3) is 0 Å². The molecule has 0 N–H and O–H groups in total. The zero-order valence-electron chi connectivity index (χ0n) is 9.77. The summed E-state index contributed by atoms with van der Waals surface area (Å²) < 4.78 is 0.921. The summed E-state index contributed by atoms with van der Waals surface area (Å²) in [5.41, 5.74) is 0.612. The van der Waals surface area contributed by atoms with Crippen LogP contribution in [0.15, 0.2) is 28.7 Å². The minimum atomic E-state index is -0.210. The highest BCUT2D eigenvalue weighted by atomic mass is 79.9. The van der Waals surface area contributed by atoms with Gasteiger partial charge in [0.2, 0.25) is 5.91 Å². The van der Waals surface area contributed by atoms with Crippen molar-refractivity contribution in [2.24, 2.45) is 0 Å². The van der Waals surface area contributed by atoms with Gasteiger partial charge in [-0.25, -0.2) is 5.06 Å². The standard InChI is InChI=1S/C12H14BrNO3/c1-14(17-2)12(16)8-7-11(15)9-3-5-10(13)6-4-9/h3-6H,7-8H2,1-2H3. The van der Waals surface area contributed by atoms with Crippen LogP contribution < -0.4 is 0 Å². The zero-order valence-corrected chi connectivity index (χ0v) is 11.4. The molecule has 0 aliphatic heterocycles. The Hall–Kier alpha value is -1.20. The van der Waals surface area contributed by atoms with Crippen molar-refractivity contribution in [2.75, 3.05) is 14.2 Å². The third kappa shape index (κ3) is 4.28. The third-order valence-electron chi connectivity index (χ3n) is 2.36. The van der Waals surface area contributed by atoms with Crippen LogP contribution in [0.2, 0.25) is 0 Å². The Balaban J connectivity index is 2.50. The molecule has 17 heavy (non-hydrogen) atoms. The summed E-state index contributed by atoms with van der Waals surface area (Å²) in [5.74, 6) is -0.256. The summed E-state index contributed by atoms with van der Waals surface area (Å²) >= 11 is 3.30. The minimum Gasteiger partial charge on any atom is -0.294 e. The topological polar surface area (TPSA) is 46.6 Å². The highest BCUT2D eigenvalue weighted by molar-refractivity contribution is 9.10. The Kier molecular flexibility index (Phi) is 5.31. The van der Waals surface area contributed by atoms with Crippen molar-refractivity contribution >= 4 is 27.6 Å². The van der Waals surface area contributed by atoms with Gasteiger partial charge in [-0.1, -0.05) is 28.1 Å². The lowest BCUT2D eigenvalue weighted by Gasteiger charge is -2.12. The van der Waals surface area contributed by atoms with E-state index in [1.165, 1.54) is 14.2 Å². The van der Waals surface area contributed by atoms with Crippen LogP contribution in [0, 0.1) is 0 Å². The minimum absolute atomic E-state index is 0.0460. The molecule has 0 spiro atoms. The van der Waals surface area contributed by atoms with Crippen LogP contribution in [0.1, 0.15) is 23.2 Å². The Morgan fingerprint density at radius 3 is 2.35 bits per heavy atom. The molecule has 0 aromatic heterocycles. The van der Waals surface area contributed by atoms with Crippen molar-refractivity contribution in [1.82, 2.24) is 5.06 Å². The first-order valence-corrected chi connectivity index (χ1v) is 5.93. The summed E-state index contributed by atoms with van der Waals surface area (Å²) in [5, 5.41) is 1.12. The molecule has 1 aromatic rings. The van der Waals surface area contributed by atoms with Crippen molar-refractivity contribution in [3.63, 3.8) is 0 Å². The van der Waals surface area contributed by atoms with Gasteiger partial charge in [0.1, 0.15) is 0 Å². The summed E-state index contributed by atoms with van der Waals surface area (Å²) in [6.07, 6.45) is 0.341. The van der Waals surface area contributed by atoms with Crippen LogP contribution in [-0.4, -0.2) is 30.9 Å². The number of halogens is 1. The number of hydroxylamine groups is 2. The van der Waals surface area contributed by atoms with Gasteiger partial charge < -0.3 is 0 Å². The molecule has 0 unspecified atom stereocenters. The van der Waals surface area contributed by atoms with E-state index in [1.54, 1.807) is 24.3 Å². The Labute approximate surface area is 109 Å². The molecule has 0 fully saturated rings. The first-order valence-electron chi connectivity index (χ1n) is 5.14. The fraction of sp³-hybridized carbons (Fsp3) is 0.333. The van der Waals surface area contributed by atoms with E-state index in [9.17, 15) is 9.59 Å². The van der Waals surface area contributed by atoms with Crippen LogP contribution in [0.5, 0.6) is 0 Å². The van der Waals surface area contributed by atoms with E-state index in [4.69, 9.17) is 4.84 Å². The number of carbonyl (C=O) groups excluding carboxylic acids is 2. The molecule has 5 heteroatoms. The number of amides is 1. The average molecular weight is 300 g/mol. The Morgan fingerprint density at radius 2 is 1.82 bits per heavy atom. The second kappa shape index (κ2) is 6.51. The average Bonchev–Trinajstić information content (AvgIpc) is 2.35. The van der Waals surface area contributed by atoms with Gasteiger partial charge >= 0.3 is 0 Å². The molecule has 0 atom stereocenters. The van der Waals surface area contributed by atoms with Gasteiger partial charge in [-0.2, -0.15) is 0 Å². The number of ketones is 1. The first-order chi connectivity index (χ1) is 8.04. The van der Waals surface area contributed by atoms with Gasteiger partial charge in [0.15, 0.2) is 5.78 Å². The molecule has 0 radical (unpaired) electrons. The molecule has 4 nitrogen and oxygen atoms in total. The fourth-order valence-electron chi connectivity index (χ4n) is 1.26. The predicted molar refractivity (Wildman–Crippen MR) is 67.5 cm³/mol. The second-order valence-electron chi connectivity index (χ2n) is 3.50. The van der Waals surface area contributed by atoms with Crippen molar-refractivity contribution in [2.45, 2.75) is 12.8 Å². The van der Waals surface area contributed by atoms with Crippen LogP contribution in [0.3, 0.4) is 0 Å². The van der Waals surface area contributed by atoms with Crippen molar-refractivity contribution in [3.8, 4) is 0 Å². The van der Waals surface area contributed by atoms with Crippen LogP contribution >= 0.6 is 15.9 Å². The van der Waals surface area contributed by atoms with Crippen LogP contribution in [0.25, 0.3) is 0 Å². The van der Waals surface area contributed by atoms with E-state index < -0.39 is 0 Å². The fourth-order valence-corrected chi connectivity index (χ4v) is 1.52. The molecule has 92 valence electrons. The van der Waals surface area contributed by atoms with E-state index in [-0.39, 0.29) is 24.5 Å². The Bertz CT molecular complexity index is 403. The largest absolute Gasteiger partial charge is 0.294 e. The molecule has 0 aliphatic rings. The third-order valence-corrected chi connectivity index (χ3v) is 2.89. The predicted octanol–water partition coefficient (Wildman–Crippen LogP) is 2.43. The number of carbonyl (C=O) groups is 2. The lowest BCUT2D eigenvalue weighted by atomic mass is 10.1. The molecular weight excluding hydrogens is 286 g/mol. The zero-order chi connectivity index (χ0) is 12.8. The molecular formula is C12H14BrNO3. The molecule has 0 heterocycles. The van der Waals surface area contributed by atoms with E-state index in [2.05, 4.69) is 15.9 Å². The van der Waals surface area contributed by atoms with Gasteiger partial charge in [-0.3, -0.25) is 14.4 Å². The quantitative estimate of drug-likeness (QED) is 0.620. The van der Waals surface area contributed by atoms with Crippen molar-refractivity contribution < 1.29 is 14.4 Å².